The number of carbonyl (C=O) groups is 1. The predicted octanol–water partition coefficient (Wildman–Crippen LogP) is -0.496. The quantitative estimate of drug-likeness (QED) is 0.546. The normalized spacial score (nSPS) is 24.5. The molecule has 0 saturated heterocycles. The molecule has 0 aliphatic carbocycles. The van der Waals surface area contributed by atoms with E-state index in [9.17, 15) is 4.79 Å². The molecule has 0 aromatic heterocycles. The lowest BCUT2D eigenvalue weighted by molar-refractivity contribution is -0.129. The summed E-state index contributed by atoms with van der Waals surface area (Å²) >= 11 is 0. The first-order chi connectivity index (χ1) is 4.74. The third-order valence-corrected chi connectivity index (χ3v) is 1.60. The molecule has 4 nitrogen and oxygen atoms in total. The molecule has 2 N–H and O–H groups in total. The van der Waals surface area contributed by atoms with Gasteiger partial charge in [0.15, 0.2) is 0 Å². The Morgan fingerprint density at radius 1 is 1.90 bits per heavy atom. The maximum atomic E-state index is 10.3. The zero-order valence-corrected chi connectivity index (χ0v) is 5.79. The molecule has 0 bridgehead atoms. The molecule has 1 atom stereocenters. The van der Waals surface area contributed by atoms with Gasteiger partial charge < -0.3 is 10.4 Å². The van der Waals surface area contributed by atoms with Crippen LogP contribution in [0.15, 0.2) is 4.99 Å². The first-order valence-corrected chi connectivity index (χ1v) is 3.18. The van der Waals surface area contributed by atoms with Gasteiger partial charge in [0.05, 0.1) is 6.54 Å². The Kier molecular flexibility index (Phi) is 2.01. The number of hydrogen-bond acceptors (Lipinski definition) is 3. The number of aliphatic imine (C=N–C) groups is 1. The van der Waals surface area contributed by atoms with E-state index in [1.165, 1.54) is 0 Å². The van der Waals surface area contributed by atoms with Gasteiger partial charge in [-0.3, -0.25) is 4.99 Å². The number of aliphatic carboxylic acids is 1. The van der Waals surface area contributed by atoms with Crippen LogP contribution >= 0.6 is 0 Å². The van der Waals surface area contributed by atoms with E-state index < -0.39 is 5.97 Å². The summed E-state index contributed by atoms with van der Waals surface area (Å²) in [4.78, 5) is 14.1. The van der Waals surface area contributed by atoms with Gasteiger partial charge in [-0.2, -0.15) is 0 Å². The van der Waals surface area contributed by atoms with E-state index in [1.807, 2.05) is 7.05 Å². The van der Waals surface area contributed by atoms with E-state index in [1.54, 1.807) is 0 Å². The molecular weight excluding hydrogens is 132 g/mol. The molecule has 0 spiro atoms. The van der Waals surface area contributed by atoms with Gasteiger partial charge in [-0.15, -0.1) is 0 Å². The molecule has 1 unspecified atom stereocenters. The van der Waals surface area contributed by atoms with Crippen molar-refractivity contribution >= 4 is 11.7 Å². The van der Waals surface area contributed by atoms with Crippen molar-refractivity contribution in [2.24, 2.45) is 4.99 Å². The van der Waals surface area contributed by atoms with Crippen LogP contribution in [0.4, 0.5) is 0 Å². The lowest BCUT2D eigenvalue weighted by Crippen LogP contribution is -2.27. The fourth-order valence-electron chi connectivity index (χ4n) is 0.931. The van der Waals surface area contributed by atoms with Crippen LogP contribution in [-0.4, -0.2) is 36.4 Å². The van der Waals surface area contributed by atoms with Gasteiger partial charge in [0.1, 0.15) is 5.71 Å². The molecule has 0 radical (unpaired) electrons. The van der Waals surface area contributed by atoms with Crippen molar-refractivity contribution in [2.75, 3.05) is 13.6 Å². The first kappa shape index (κ1) is 7.21. The summed E-state index contributed by atoms with van der Waals surface area (Å²) in [5.74, 6) is -0.891. The minimum atomic E-state index is -0.891. The average molecular weight is 142 g/mol. The van der Waals surface area contributed by atoms with E-state index >= 15 is 0 Å². The van der Waals surface area contributed by atoms with E-state index in [2.05, 4.69) is 10.3 Å². The second-order valence-corrected chi connectivity index (χ2v) is 2.28. The Balaban J connectivity index is 2.47. The summed E-state index contributed by atoms with van der Waals surface area (Å²) in [5, 5.41) is 11.4. The summed E-state index contributed by atoms with van der Waals surface area (Å²) in [6.07, 6.45) is 0.547. The van der Waals surface area contributed by atoms with E-state index in [0.29, 0.717) is 18.7 Å². The van der Waals surface area contributed by atoms with Crippen LogP contribution in [0.3, 0.4) is 0 Å². The Morgan fingerprint density at radius 2 is 2.60 bits per heavy atom. The summed E-state index contributed by atoms with van der Waals surface area (Å²) < 4.78 is 0. The van der Waals surface area contributed by atoms with Crippen LogP contribution in [0.2, 0.25) is 0 Å². The maximum absolute atomic E-state index is 10.3. The first-order valence-electron chi connectivity index (χ1n) is 3.18. The van der Waals surface area contributed by atoms with Gasteiger partial charge in [0, 0.05) is 12.5 Å². The van der Waals surface area contributed by atoms with Gasteiger partial charge in [-0.1, -0.05) is 0 Å². The lowest BCUT2D eigenvalue weighted by atomic mass is 10.2. The number of carboxylic acid groups (broad SMARTS) is 1. The molecule has 0 aromatic carbocycles. The van der Waals surface area contributed by atoms with Gasteiger partial charge >= 0.3 is 5.97 Å². The highest BCUT2D eigenvalue weighted by Gasteiger charge is 2.21. The number of nitrogens with one attached hydrogen (secondary N) is 1. The maximum Gasteiger partial charge on any atom is 0.349 e. The number of rotatable bonds is 2. The number of hydrogen-bond donors (Lipinski definition) is 2. The minimum absolute atomic E-state index is 0.228. The van der Waals surface area contributed by atoms with E-state index in [4.69, 9.17) is 5.11 Å². The summed E-state index contributed by atoms with van der Waals surface area (Å²) in [5.41, 5.74) is 0.291. The average Bonchev–Trinajstić information content (AvgIpc) is 2.34. The van der Waals surface area contributed by atoms with Gasteiger partial charge in [-0.25, -0.2) is 4.79 Å². The molecule has 56 valence electrons. The molecule has 4 heteroatoms. The Hall–Kier alpha value is -0.900. The second kappa shape index (κ2) is 2.79. The summed E-state index contributed by atoms with van der Waals surface area (Å²) in [7, 11) is 1.81. The monoisotopic (exact) mass is 142 g/mol. The zero-order chi connectivity index (χ0) is 7.56. The highest BCUT2D eigenvalue weighted by molar-refractivity contribution is 6.36. The Bertz CT molecular complexity index is 177. The summed E-state index contributed by atoms with van der Waals surface area (Å²) in [6.45, 7) is 0.595. The van der Waals surface area contributed by atoms with Crippen molar-refractivity contribution in [3.63, 3.8) is 0 Å². The largest absolute Gasteiger partial charge is 0.477 e. The van der Waals surface area contributed by atoms with E-state index in [-0.39, 0.29) is 6.04 Å². The van der Waals surface area contributed by atoms with Crippen LogP contribution in [0.5, 0.6) is 0 Å². The molecule has 1 rings (SSSR count). The molecule has 0 saturated carbocycles. The van der Waals surface area contributed by atoms with Gasteiger partial charge in [0.2, 0.25) is 0 Å². The van der Waals surface area contributed by atoms with Crippen LogP contribution in [0, 0.1) is 0 Å². The van der Waals surface area contributed by atoms with Crippen LogP contribution < -0.4 is 5.32 Å². The van der Waals surface area contributed by atoms with Crippen molar-refractivity contribution in [2.45, 2.75) is 12.5 Å². The Morgan fingerprint density at radius 3 is 2.90 bits per heavy atom. The fraction of sp³-hybridized carbons (Fsp3) is 0.667. The molecule has 0 aromatic rings. The lowest BCUT2D eigenvalue weighted by Gasteiger charge is -2.03. The minimum Gasteiger partial charge on any atom is -0.477 e. The topological polar surface area (TPSA) is 61.7 Å². The molecule has 0 fully saturated rings. The smallest absolute Gasteiger partial charge is 0.349 e. The molecule has 0 amide bonds. The molecule has 1 aliphatic heterocycles. The zero-order valence-electron chi connectivity index (χ0n) is 5.79. The van der Waals surface area contributed by atoms with Crippen LogP contribution in [0.1, 0.15) is 6.42 Å². The number of carboxylic acids is 1. The number of nitrogens with zero attached hydrogens (tertiary/aromatic N) is 1. The molecule has 10 heavy (non-hydrogen) atoms. The molecule has 1 aliphatic rings. The summed E-state index contributed by atoms with van der Waals surface area (Å²) in [6, 6.07) is 0.228. The highest BCUT2D eigenvalue weighted by Crippen LogP contribution is 2.04. The molecule has 1 heterocycles. The standard InChI is InChI=1S/C6H10N2O2/c1-7-4-2-5(6(9)10)8-3-4/h4,7H,2-3H2,1H3,(H,9,10). The van der Waals surface area contributed by atoms with Crippen LogP contribution in [0.25, 0.3) is 0 Å². The Labute approximate surface area is 59.0 Å². The highest BCUT2D eigenvalue weighted by atomic mass is 16.4. The van der Waals surface area contributed by atoms with Crippen molar-refractivity contribution in [1.29, 1.82) is 0 Å². The predicted molar refractivity (Wildman–Crippen MR) is 37.4 cm³/mol. The SMILES string of the molecule is CNC1CN=C(C(=O)O)C1. The molecular formula is C6H10N2O2. The van der Waals surface area contributed by atoms with Crippen molar-refractivity contribution < 1.29 is 9.90 Å². The van der Waals surface area contributed by atoms with Crippen LogP contribution in [-0.2, 0) is 4.79 Å². The third kappa shape index (κ3) is 1.33. The number of likely N-dealkylation sites (N-methyl/N-ethyl adjacent to an activating group) is 1. The third-order valence-electron chi connectivity index (χ3n) is 1.60. The van der Waals surface area contributed by atoms with Crippen molar-refractivity contribution in [3.8, 4) is 0 Å². The van der Waals surface area contributed by atoms with Crippen molar-refractivity contribution in [3.05, 3.63) is 0 Å². The van der Waals surface area contributed by atoms with Gasteiger partial charge in [0.25, 0.3) is 0 Å². The van der Waals surface area contributed by atoms with Gasteiger partial charge in [-0.05, 0) is 7.05 Å². The van der Waals surface area contributed by atoms with Crippen molar-refractivity contribution in [1.82, 2.24) is 5.32 Å². The second-order valence-electron chi connectivity index (χ2n) is 2.28. The van der Waals surface area contributed by atoms with E-state index in [0.717, 1.165) is 0 Å². The fourth-order valence-corrected chi connectivity index (χ4v) is 0.931.